The van der Waals surface area contributed by atoms with Crippen molar-refractivity contribution in [2.45, 2.75) is 26.4 Å². The standard InChI is InChI=1S/C16H14ClFN2O5/c1-7(2)25-15(22)9-5-12(11(18)6-10(9)17)20-14(21)8-3-4-24-13(8)19-16(20)23/h5-7H,3-4H2,1-2H3,(H,19,23). The van der Waals surface area contributed by atoms with Gasteiger partial charge in [-0.25, -0.2) is 18.5 Å². The minimum Gasteiger partial charge on any atom is -0.478 e. The van der Waals surface area contributed by atoms with E-state index in [0.29, 0.717) is 11.0 Å². The first-order valence-electron chi connectivity index (χ1n) is 7.51. The van der Waals surface area contributed by atoms with Gasteiger partial charge in [-0.2, -0.15) is 0 Å². The third kappa shape index (κ3) is 3.05. The number of carbonyl (C=O) groups is 1. The molecule has 0 bridgehead atoms. The summed E-state index contributed by atoms with van der Waals surface area (Å²) in [4.78, 5) is 39.2. The van der Waals surface area contributed by atoms with Gasteiger partial charge in [-0.15, -0.1) is 0 Å². The zero-order valence-electron chi connectivity index (χ0n) is 13.4. The minimum absolute atomic E-state index is 0.0834. The molecule has 1 aliphatic heterocycles. The van der Waals surface area contributed by atoms with Crippen molar-refractivity contribution in [1.29, 1.82) is 0 Å². The van der Waals surface area contributed by atoms with Crippen molar-refractivity contribution in [3.05, 3.63) is 54.9 Å². The lowest BCUT2D eigenvalue weighted by atomic mass is 10.1. The van der Waals surface area contributed by atoms with Gasteiger partial charge in [0.15, 0.2) is 0 Å². The molecule has 3 rings (SSSR count). The lowest BCUT2D eigenvalue weighted by molar-refractivity contribution is 0.0378. The fraction of sp³-hybridized carbons (Fsp3) is 0.312. The van der Waals surface area contributed by atoms with Gasteiger partial charge in [0.1, 0.15) is 5.82 Å². The van der Waals surface area contributed by atoms with E-state index in [2.05, 4.69) is 4.98 Å². The lowest BCUT2D eigenvalue weighted by Crippen LogP contribution is -2.35. The number of hydrogen-bond donors (Lipinski definition) is 1. The van der Waals surface area contributed by atoms with Gasteiger partial charge in [-0.05, 0) is 26.0 Å². The third-order valence-electron chi connectivity index (χ3n) is 3.60. The topological polar surface area (TPSA) is 90.4 Å². The highest BCUT2D eigenvalue weighted by molar-refractivity contribution is 6.33. The molecule has 132 valence electrons. The predicted molar refractivity (Wildman–Crippen MR) is 87.4 cm³/mol. The fourth-order valence-corrected chi connectivity index (χ4v) is 2.74. The Kier molecular flexibility index (Phi) is 4.38. The highest BCUT2D eigenvalue weighted by Gasteiger charge is 2.24. The summed E-state index contributed by atoms with van der Waals surface area (Å²) in [6, 6.07) is 1.89. The summed E-state index contributed by atoms with van der Waals surface area (Å²) in [5, 5.41) is -0.180. The van der Waals surface area contributed by atoms with Crippen LogP contribution in [0.5, 0.6) is 5.88 Å². The second-order valence-corrected chi connectivity index (χ2v) is 6.12. The predicted octanol–water partition coefficient (Wildman–Crippen LogP) is 1.82. The monoisotopic (exact) mass is 368 g/mol. The molecule has 1 aromatic heterocycles. The highest BCUT2D eigenvalue weighted by atomic mass is 35.5. The fourth-order valence-electron chi connectivity index (χ4n) is 2.51. The van der Waals surface area contributed by atoms with E-state index in [4.69, 9.17) is 21.1 Å². The van der Waals surface area contributed by atoms with Crippen LogP contribution in [-0.2, 0) is 11.2 Å². The number of nitrogens with one attached hydrogen (secondary N) is 1. The van der Waals surface area contributed by atoms with Crippen LogP contribution in [0, 0.1) is 5.82 Å². The number of ether oxygens (including phenoxy) is 2. The van der Waals surface area contributed by atoms with Gasteiger partial charge >= 0.3 is 11.7 Å². The molecular weight excluding hydrogens is 355 g/mol. The Bertz CT molecular complexity index is 980. The first-order valence-corrected chi connectivity index (χ1v) is 7.88. The number of hydrogen-bond acceptors (Lipinski definition) is 5. The molecule has 25 heavy (non-hydrogen) atoms. The summed E-state index contributed by atoms with van der Waals surface area (Å²) in [6.45, 7) is 3.54. The SMILES string of the molecule is CC(C)OC(=O)c1cc(-n2c(=O)[nH]c3c(c2=O)CCO3)c(F)cc1Cl. The lowest BCUT2D eigenvalue weighted by Gasteiger charge is -2.12. The molecule has 0 amide bonds. The molecule has 2 heterocycles. The summed E-state index contributed by atoms with van der Waals surface area (Å²) in [5.41, 5.74) is -1.88. The van der Waals surface area contributed by atoms with E-state index < -0.39 is 29.1 Å². The van der Waals surface area contributed by atoms with Crippen molar-refractivity contribution in [1.82, 2.24) is 9.55 Å². The first kappa shape index (κ1) is 17.2. The van der Waals surface area contributed by atoms with E-state index in [0.717, 1.165) is 12.1 Å². The van der Waals surface area contributed by atoms with E-state index in [-0.39, 0.29) is 34.3 Å². The van der Waals surface area contributed by atoms with E-state index >= 15 is 0 Å². The van der Waals surface area contributed by atoms with E-state index in [9.17, 15) is 18.8 Å². The molecule has 9 heteroatoms. The molecule has 0 spiro atoms. The highest BCUT2D eigenvalue weighted by Crippen LogP contribution is 2.24. The average Bonchev–Trinajstić information content (AvgIpc) is 2.96. The molecule has 1 N–H and O–H groups in total. The quantitative estimate of drug-likeness (QED) is 0.834. The summed E-state index contributed by atoms with van der Waals surface area (Å²) >= 11 is 5.91. The van der Waals surface area contributed by atoms with E-state index in [1.165, 1.54) is 0 Å². The van der Waals surface area contributed by atoms with Crippen LogP contribution in [0.1, 0.15) is 29.8 Å². The maximum Gasteiger partial charge on any atom is 0.339 e. The van der Waals surface area contributed by atoms with Crippen molar-refractivity contribution >= 4 is 17.6 Å². The van der Waals surface area contributed by atoms with Crippen LogP contribution >= 0.6 is 11.6 Å². The van der Waals surface area contributed by atoms with Gasteiger partial charge in [0, 0.05) is 6.42 Å². The second-order valence-electron chi connectivity index (χ2n) is 5.71. The van der Waals surface area contributed by atoms with Crippen LogP contribution < -0.4 is 16.0 Å². The van der Waals surface area contributed by atoms with Crippen LogP contribution in [0.15, 0.2) is 21.7 Å². The number of rotatable bonds is 3. The number of aromatic nitrogens is 2. The van der Waals surface area contributed by atoms with E-state index in [1.54, 1.807) is 13.8 Å². The van der Waals surface area contributed by atoms with Gasteiger partial charge < -0.3 is 9.47 Å². The van der Waals surface area contributed by atoms with Crippen LogP contribution in [0.25, 0.3) is 5.69 Å². The smallest absolute Gasteiger partial charge is 0.339 e. The largest absolute Gasteiger partial charge is 0.478 e. The molecule has 0 unspecified atom stereocenters. The molecule has 0 fully saturated rings. The van der Waals surface area contributed by atoms with Crippen molar-refractivity contribution < 1.29 is 18.7 Å². The second kappa shape index (κ2) is 6.36. The Morgan fingerprint density at radius 1 is 1.40 bits per heavy atom. The Hall–Kier alpha value is -2.61. The van der Waals surface area contributed by atoms with Gasteiger partial charge in [0.05, 0.1) is 34.5 Å². The molecule has 0 saturated carbocycles. The average molecular weight is 369 g/mol. The molecule has 0 atom stereocenters. The summed E-state index contributed by atoms with van der Waals surface area (Å²) in [5.74, 6) is -1.62. The first-order chi connectivity index (χ1) is 11.8. The summed E-state index contributed by atoms with van der Waals surface area (Å²) < 4.78 is 25.2. The molecule has 0 radical (unpaired) electrons. The van der Waals surface area contributed by atoms with Crippen molar-refractivity contribution in [2.75, 3.05) is 6.61 Å². The zero-order valence-corrected chi connectivity index (χ0v) is 14.1. The maximum absolute atomic E-state index is 14.4. The number of esters is 1. The van der Waals surface area contributed by atoms with Gasteiger partial charge in [-0.3, -0.25) is 9.78 Å². The van der Waals surface area contributed by atoms with Gasteiger partial charge in [0.25, 0.3) is 5.56 Å². The number of fused-ring (bicyclic) bond motifs is 1. The third-order valence-corrected chi connectivity index (χ3v) is 3.91. The van der Waals surface area contributed by atoms with Crippen molar-refractivity contribution in [2.24, 2.45) is 0 Å². The van der Waals surface area contributed by atoms with Gasteiger partial charge in [-0.1, -0.05) is 11.6 Å². The number of benzene rings is 1. The summed E-state index contributed by atoms with van der Waals surface area (Å²) in [6.07, 6.45) is -0.122. The Balaban J connectivity index is 2.21. The number of halogens is 2. The van der Waals surface area contributed by atoms with Crippen LogP contribution in [-0.4, -0.2) is 28.2 Å². The molecule has 1 aliphatic rings. The number of nitrogens with zero attached hydrogens (tertiary/aromatic N) is 1. The van der Waals surface area contributed by atoms with Crippen LogP contribution in [0.3, 0.4) is 0 Å². The van der Waals surface area contributed by atoms with Crippen molar-refractivity contribution in [3.63, 3.8) is 0 Å². The number of H-pyrrole nitrogens is 1. The van der Waals surface area contributed by atoms with Gasteiger partial charge in [0.2, 0.25) is 5.88 Å². The Labute approximate surface area is 146 Å². The molecule has 0 saturated heterocycles. The van der Waals surface area contributed by atoms with Crippen LogP contribution in [0.4, 0.5) is 4.39 Å². The maximum atomic E-state index is 14.4. The summed E-state index contributed by atoms with van der Waals surface area (Å²) in [7, 11) is 0. The van der Waals surface area contributed by atoms with Crippen LogP contribution in [0.2, 0.25) is 5.02 Å². The van der Waals surface area contributed by atoms with Crippen molar-refractivity contribution in [3.8, 4) is 11.6 Å². The van der Waals surface area contributed by atoms with E-state index in [1.807, 2.05) is 0 Å². The Morgan fingerprint density at radius 3 is 2.80 bits per heavy atom. The number of aromatic amines is 1. The molecule has 2 aromatic rings. The normalized spacial score (nSPS) is 12.8. The molecule has 0 aliphatic carbocycles. The zero-order chi connectivity index (χ0) is 18.3. The number of carbonyl (C=O) groups excluding carboxylic acids is 1. The Morgan fingerprint density at radius 2 is 2.12 bits per heavy atom. The minimum atomic E-state index is -0.919. The molecule has 1 aromatic carbocycles. The molecular formula is C16H14ClFN2O5. The molecule has 7 nitrogen and oxygen atoms in total.